The lowest BCUT2D eigenvalue weighted by Crippen LogP contribution is -2.26. The Labute approximate surface area is 118 Å². The largest absolute Gasteiger partial charge is 0.496 e. The first-order valence-corrected chi connectivity index (χ1v) is 6.43. The molecular formula is C15H19N3O2. The maximum absolute atomic E-state index is 12.0. The fourth-order valence-electron chi connectivity index (χ4n) is 2.14. The van der Waals surface area contributed by atoms with Crippen LogP contribution in [0.5, 0.6) is 5.75 Å². The summed E-state index contributed by atoms with van der Waals surface area (Å²) in [5.74, 6) is 0.747. The van der Waals surface area contributed by atoms with Gasteiger partial charge in [-0.25, -0.2) is 4.68 Å². The van der Waals surface area contributed by atoms with Crippen molar-refractivity contribution in [3.05, 3.63) is 45.7 Å². The summed E-state index contributed by atoms with van der Waals surface area (Å²) in [6.07, 6.45) is 0. The van der Waals surface area contributed by atoms with E-state index >= 15 is 0 Å². The fourth-order valence-corrected chi connectivity index (χ4v) is 2.14. The smallest absolute Gasteiger partial charge is 0.271 e. The standard InChI is InChI=1S/C15H19N3O2/c1-10-5-6-14(20-4)12(7-10)13-8-11(9-16-2)15(19)18(3)17-13/h5-8,16H,9H2,1-4H3. The van der Waals surface area contributed by atoms with E-state index in [4.69, 9.17) is 4.74 Å². The molecule has 20 heavy (non-hydrogen) atoms. The van der Waals surface area contributed by atoms with Crippen molar-refractivity contribution in [3.63, 3.8) is 0 Å². The SMILES string of the molecule is CNCc1cc(-c2cc(C)ccc2OC)nn(C)c1=O. The molecule has 0 saturated heterocycles. The van der Waals surface area contributed by atoms with E-state index in [1.165, 1.54) is 4.68 Å². The van der Waals surface area contributed by atoms with Crippen LogP contribution in [0.3, 0.4) is 0 Å². The van der Waals surface area contributed by atoms with Crippen LogP contribution in [0, 0.1) is 6.92 Å². The molecule has 2 rings (SSSR count). The highest BCUT2D eigenvalue weighted by atomic mass is 16.5. The van der Waals surface area contributed by atoms with Gasteiger partial charge >= 0.3 is 0 Å². The van der Waals surface area contributed by atoms with Gasteiger partial charge in [-0.3, -0.25) is 4.79 Å². The van der Waals surface area contributed by atoms with Gasteiger partial charge in [0, 0.05) is 24.7 Å². The molecule has 0 fully saturated rings. The number of aryl methyl sites for hydroxylation is 2. The number of aromatic nitrogens is 2. The molecule has 0 spiro atoms. The number of hydrogen-bond donors (Lipinski definition) is 1. The molecule has 0 atom stereocenters. The highest BCUT2D eigenvalue weighted by molar-refractivity contribution is 5.68. The number of benzene rings is 1. The fraction of sp³-hybridized carbons (Fsp3) is 0.333. The van der Waals surface area contributed by atoms with Crippen molar-refractivity contribution in [2.24, 2.45) is 7.05 Å². The second kappa shape index (κ2) is 5.88. The van der Waals surface area contributed by atoms with Gasteiger partial charge in [0.15, 0.2) is 0 Å². The van der Waals surface area contributed by atoms with Gasteiger partial charge in [0.1, 0.15) is 5.75 Å². The van der Waals surface area contributed by atoms with Gasteiger partial charge in [0.2, 0.25) is 0 Å². The van der Waals surface area contributed by atoms with Gasteiger partial charge in [-0.15, -0.1) is 0 Å². The Hall–Kier alpha value is -2.14. The normalized spacial score (nSPS) is 10.6. The minimum atomic E-state index is -0.0882. The van der Waals surface area contributed by atoms with E-state index < -0.39 is 0 Å². The minimum Gasteiger partial charge on any atom is -0.496 e. The molecule has 0 radical (unpaired) electrons. The summed E-state index contributed by atoms with van der Waals surface area (Å²) in [6, 6.07) is 7.72. The number of hydrogen-bond acceptors (Lipinski definition) is 4. The van der Waals surface area contributed by atoms with E-state index in [2.05, 4.69) is 10.4 Å². The molecule has 1 N–H and O–H groups in total. The summed E-state index contributed by atoms with van der Waals surface area (Å²) in [6.45, 7) is 2.52. The first kappa shape index (κ1) is 14.3. The maximum atomic E-state index is 12.0. The van der Waals surface area contributed by atoms with Crippen LogP contribution in [-0.2, 0) is 13.6 Å². The van der Waals surface area contributed by atoms with Crippen molar-refractivity contribution < 1.29 is 4.74 Å². The zero-order valence-corrected chi connectivity index (χ0v) is 12.2. The molecule has 0 saturated carbocycles. The van der Waals surface area contributed by atoms with E-state index in [0.29, 0.717) is 12.1 Å². The summed E-state index contributed by atoms with van der Waals surface area (Å²) < 4.78 is 6.75. The van der Waals surface area contributed by atoms with Crippen LogP contribution >= 0.6 is 0 Å². The molecule has 1 heterocycles. The van der Waals surface area contributed by atoms with E-state index in [9.17, 15) is 4.79 Å². The van der Waals surface area contributed by atoms with E-state index in [-0.39, 0.29) is 5.56 Å². The Morgan fingerprint density at radius 1 is 1.35 bits per heavy atom. The molecule has 5 nitrogen and oxygen atoms in total. The Balaban J connectivity index is 2.63. The third kappa shape index (κ3) is 2.72. The van der Waals surface area contributed by atoms with Gasteiger partial charge in [-0.1, -0.05) is 11.6 Å². The van der Waals surface area contributed by atoms with Crippen molar-refractivity contribution in [3.8, 4) is 17.0 Å². The van der Waals surface area contributed by atoms with Crippen molar-refractivity contribution in [2.75, 3.05) is 14.2 Å². The lowest BCUT2D eigenvalue weighted by Gasteiger charge is -2.11. The van der Waals surface area contributed by atoms with Crippen LogP contribution in [0.15, 0.2) is 29.1 Å². The number of ether oxygens (including phenoxy) is 1. The summed E-state index contributed by atoms with van der Waals surface area (Å²) in [5.41, 5.74) is 3.34. The minimum absolute atomic E-state index is 0.0882. The summed E-state index contributed by atoms with van der Waals surface area (Å²) in [4.78, 5) is 12.0. The van der Waals surface area contributed by atoms with Gasteiger partial charge in [0.25, 0.3) is 5.56 Å². The molecular weight excluding hydrogens is 254 g/mol. The molecule has 0 amide bonds. The highest BCUT2D eigenvalue weighted by Crippen LogP contribution is 2.29. The molecule has 106 valence electrons. The lowest BCUT2D eigenvalue weighted by molar-refractivity contribution is 0.416. The van der Waals surface area contributed by atoms with Gasteiger partial charge < -0.3 is 10.1 Å². The van der Waals surface area contributed by atoms with Crippen LogP contribution in [0.1, 0.15) is 11.1 Å². The topological polar surface area (TPSA) is 56.1 Å². The molecule has 0 aliphatic heterocycles. The summed E-state index contributed by atoms with van der Waals surface area (Å²) in [7, 11) is 5.10. The number of nitrogens with one attached hydrogen (secondary N) is 1. The molecule has 0 unspecified atom stereocenters. The van der Waals surface area contributed by atoms with Crippen LogP contribution in [0.4, 0.5) is 0 Å². The second-order valence-electron chi connectivity index (χ2n) is 4.72. The predicted octanol–water partition coefficient (Wildman–Crippen LogP) is 1.48. The lowest BCUT2D eigenvalue weighted by atomic mass is 10.1. The van der Waals surface area contributed by atoms with Crippen molar-refractivity contribution >= 4 is 0 Å². The molecule has 1 aromatic heterocycles. The van der Waals surface area contributed by atoms with Crippen molar-refractivity contribution in [2.45, 2.75) is 13.5 Å². The average molecular weight is 273 g/mol. The first-order valence-electron chi connectivity index (χ1n) is 6.43. The highest BCUT2D eigenvalue weighted by Gasteiger charge is 2.11. The molecule has 1 aromatic carbocycles. The monoisotopic (exact) mass is 273 g/mol. The zero-order chi connectivity index (χ0) is 14.7. The van der Waals surface area contributed by atoms with Crippen molar-refractivity contribution in [1.29, 1.82) is 0 Å². The zero-order valence-electron chi connectivity index (χ0n) is 12.2. The first-order chi connectivity index (χ1) is 9.56. The number of nitrogens with zero attached hydrogens (tertiary/aromatic N) is 2. The van der Waals surface area contributed by atoms with Crippen molar-refractivity contribution in [1.82, 2.24) is 15.1 Å². The van der Waals surface area contributed by atoms with Crippen LogP contribution in [0.25, 0.3) is 11.3 Å². The van der Waals surface area contributed by atoms with Gasteiger partial charge in [-0.2, -0.15) is 5.10 Å². The molecule has 0 aliphatic carbocycles. The molecule has 5 heteroatoms. The van der Waals surface area contributed by atoms with Gasteiger partial charge in [-0.05, 0) is 32.2 Å². The Morgan fingerprint density at radius 2 is 2.10 bits per heavy atom. The van der Waals surface area contributed by atoms with E-state index in [1.54, 1.807) is 14.2 Å². The Morgan fingerprint density at radius 3 is 2.75 bits per heavy atom. The number of methoxy groups -OCH3 is 1. The Kier molecular flexibility index (Phi) is 4.20. The van der Waals surface area contributed by atoms with Crippen LogP contribution in [-0.4, -0.2) is 23.9 Å². The summed E-state index contributed by atoms with van der Waals surface area (Å²) >= 11 is 0. The Bertz CT molecular complexity index is 677. The molecule has 0 aliphatic rings. The second-order valence-corrected chi connectivity index (χ2v) is 4.72. The average Bonchev–Trinajstić information content (AvgIpc) is 2.43. The molecule has 2 aromatic rings. The number of rotatable bonds is 4. The third-order valence-corrected chi connectivity index (χ3v) is 3.14. The summed E-state index contributed by atoms with van der Waals surface area (Å²) in [5, 5.41) is 7.33. The quantitative estimate of drug-likeness (QED) is 0.917. The predicted molar refractivity (Wildman–Crippen MR) is 79.0 cm³/mol. The van der Waals surface area contributed by atoms with E-state index in [0.717, 1.165) is 22.6 Å². The third-order valence-electron chi connectivity index (χ3n) is 3.14. The van der Waals surface area contributed by atoms with Crippen LogP contribution < -0.4 is 15.6 Å². The molecule has 0 bridgehead atoms. The van der Waals surface area contributed by atoms with Gasteiger partial charge in [0.05, 0.1) is 12.8 Å². The van der Waals surface area contributed by atoms with E-state index in [1.807, 2.05) is 38.2 Å². The van der Waals surface area contributed by atoms with Crippen LogP contribution in [0.2, 0.25) is 0 Å². The maximum Gasteiger partial charge on any atom is 0.271 e.